The summed E-state index contributed by atoms with van der Waals surface area (Å²) in [6.45, 7) is 0.584. The van der Waals surface area contributed by atoms with Crippen LogP contribution in [0.3, 0.4) is 0 Å². The molecule has 0 atom stereocenters. The zero-order valence-electron chi connectivity index (χ0n) is 11.4. The van der Waals surface area contributed by atoms with Gasteiger partial charge in [-0.15, -0.1) is 0 Å². The number of carbonyl (C=O) groups is 2. The Morgan fingerprint density at radius 3 is 2.90 bits per heavy atom. The van der Waals surface area contributed by atoms with Gasteiger partial charge in [0.05, 0.1) is 36.9 Å². The van der Waals surface area contributed by atoms with Gasteiger partial charge in [0, 0.05) is 18.8 Å². The van der Waals surface area contributed by atoms with Crippen molar-refractivity contribution in [3.05, 3.63) is 53.7 Å². The van der Waals surface area contributed by atoms with E-state index in [1.54, 1.807) is 25.6 Å². The molecule has 0 aromatic carbocycles. The molecule has 2 heterocycles. The SMILES string of the molecule is CN(Cc1ccoc1)C(=O)NCc1cc(C(=O)O)ccn1. The second kappa shape index (κ2) is 6.56. The van der Waals surface area contributed by atoms with Gasteiger partial charge in [-0.2, -0.15) is 0 Å². The van der Waals surface area contributed by atoms with Crippen molar-refractivity contribution in [2.24, 2.45) is 0 Å². The normalized spacial score (nSPS) is 10.1. The van der Waals surface area contributed by atoms with E-state index < -0.39 is 5.97 Å². The van der Waals surface area contributed by atoms with Crippen molar-refractivity contribution in [1.82, 2.24) is 15.2 Å². The lowest BCUT2D eigenvalue weighted by Gasteiger charge is -2.16. The zero-order chi connectivity index (χ0) is 15.2. The molecule has 0 spiro atoms. The lowest BCUT2D eigenvalue weighted by atomic mass is 10.2. The molecule has 0 fully saturated rings. The van der Waals surface area contributed by atoms with Crippen LogP contribution in [0.2, 0.25) is 0 Å². The molecule has 0 aliphatic rings. The fourth-order valence-electron chi connectivity index (χ4n) is 1.74. The van der Waals surface area contributed by atoms with Crippen molar-refractivity contribution in [3.8, 4) is 0 Å². The number of nitrogens with one attached hydrogen (secondary N) is 1. The Bertz CT molecular complexity index is 625. The number of amides is 2. The number of aromatic nitrogens is 1. The molecule has 7 nitrogen and oxygen atoms in total. The number of hydrogen-bond donors (Lipinski definition) is 2. The lowest BCUT2D eigenvalue weighted by molar-refractivity contribution is 0.0696. The number of urea groups is 1. The predicted molar refractivity (Wildman–Crippen MR) is 73.6 cm³/mol. The molecule has 0 aliphatic heterocycles. The summed E-state index contributed by atoms with van der Waals surface area (Å²) >= 11 is 0. The molecule has 0 bridgehead atoms. The van der Waals surface area contributed by atoms with Gasteiger partial charge in [0.1, 0.15) is 0 Å². The van der Waals surface area contributed by atoms with Gasteiger partial charge in [-0.25, -0.2) is 9.59 Å². The van der Waals surface area contributed by atoms with Gasteiger partial charge in [-0.3, -0.25) is 4.98 Å². The average molecular weight is 289 g/mol. The molecule has 2 rings (SSSR count). The Kier molecular flexibility index (Phi) is 4.55. The second-order valence-electron chi connectivity index (χ2n) is 4.49. The number of rotatable bonds is 5. The number of aromatic carboxylic acids is 1. The Labute approximate surface area is 121 Å². The van der Waals surface area contributed by atoms with Crippen LogP contribution >= 0.6 is 0 Å². The van der Waals surface area contributed by atoms with E-state index in [0.717, 1.165) is 5.56 Å². The van der Waals surface area contributed by atoms with Crippen molar-refractivity contribution < 1.29 is 19.1 Å². The first kappa shape index (κ1) is 14.6. The largest absolute Gasteiger partial charge is 0.478 e. The lowest BCUT2D eigenvalue weighted by Crippen LogP contribution is -2.36. The number of carboxylic acid groups (broad SMARTS) is 1. The van der Waals surface area contributed by atoms with Crippen molar-refractivity contribution in [3.63, 3.8) is 0 Å². The molecule has 2 aromatic heterocycles. The minimum Gasteiger partial charge on any atom is -0.478 e. The molecule has 0 aliphatic carbocycles. The van der Waals surface area contributed by atoms with Crippen LogP contribution in [-0.4, -0.2) is 34.0 Å². The molecule has 0 unspecified atom stereocenters. The Hall–Kier alpha value is -2.83. The van der Waals surface area contributed by atoms with Crippen LogP contribution in [0, 0.1) is 0 Å². The van der Waals surface area contributed by atoms with Crippen LogP contribution in [0.1, 0.15) is 21.6 Å². The van der Waals surface area contributed by atoms with E-state index in [-0.39, 0.29) is 18.1 Å². The van der Waals surface area contributed by atoms with E-state index in [0.29, 0.717) is 12.2 Å². The topological polar surface area (TPSA) is 95.7 Å². The van der Waals surface area contributed by atoms with Crippen LogP contribution in [-0.2, 0) is 13.1 Å². The monoisotopic (exact) mass is 289 g/mol. The third-order valence-corrected chi connectivity index (χ3v) is 2.83. The van der Waals surface area contributed by atoms with Crippen molar-refractivity contribution in [1.29, 1.82) is 0 Å². The van der Waals surface area contributed by atoms with E-state index in [2.05, 4.69) is 10.3 Å². The number of nitrogens with zero attached hydrogens (tertiary/aromatic N) is 2. The van der Waals surface area contributed by atoms with Crippen LogP contribution in [0.15, 0.2) is 41.3 Å². The predicted octanol–water partition coefficient (Wildman–Crippen LogP) is 1.71. The molecular formula is C14H15N3O4. The summed E-state index contributed by atoms with van der Waals surface area (Å²) in [5, 5.41) is 11.6. The maximum absolute atomic E-state index is 11.9. The number of hydrogen-bond acceptors (Lipinski definition) is 4. The highest BCUT2D eigenvalue weighted by Crippen LogP contribution is 2.05. The summed E-state index contributed by atoms with van der Waals surface area (Å²) in [6, 6.07) is 4.33. The van der Waals surface area contributed by atoms with Gasteiger partial charge in [0.2, 0.25) is 0 Å². The van der Waals surface area contributed by atoms with Gasteiger partial charge in [-0.05, 0) is 18.2 Å². The van der Waals surface area contributed by atoms with E-state index in [4.69, 9.17) is 9.52 Å². The van der Waals surface area contributed by atoms with Crippen LogP contribution in [0.4, 0.5) is 4.79 Å². The van der Waals surface area contributed by atoms with Crippen molar-refractivity contribution in [2.75, 3.05) is 7.05 Å². The van der Waals surface area contributed by atoms with Crippen molar-refractivity contribution in [2.45, 2.75) is 13.1 Å². The summed E-state index contributed by atoms with van der Waals surface area (Å²) in [7, 11) is 1.66. The van der Waals surface area contributed by atoms with E-state index in [9.17, 15) is 9.59 Å². The van der Waals surface area contributed by atoms with Gasteiger partial charge < -0.3 is 19.7 Å². The molecule has 21 heavy (non-hydrogen) atoms. The van der Waals surface area contributed by atoms with Gasteiger partial charge in [-0.1, -0.05) is 0 Å². The molecule has 2 N–H and O–H groups in total. The molecule has 0 saturated heterocycles. The molecule has 110 valence electrons. The molecule has 7 heteroatoms. The number of carboxylic acids is 1. The maximum atomic E-state index is 11.9. The Morgan fingerprint density at radius 1 is 1.43 bits per heavy atom. The maximum Gasteiger partial charge on any atom is 0.335 e. The summed E-state index contributed by atoms with van der Waals surface area (Å²) in [4.78, 5) is 28.3. The van der Waals surface area contributed by atoms with E-state index >= 15 is 0 Å². The Balaban J connectivity index is 1.88. The quantitative estimate of drug-likeness (QED) is 0.873. The van der Waals surface area contributed by atoms with E-state index in [1.165, 1.54) is 23.2 Å². The summed E-state index contributed by atoms with van der Waals surface area (Å²) < 4.78 is 4.94. The molecule has 0 radical (unpaired) electrons. The number of pyridine rings is 1. The first-order valence-corrected chi connectivity index (χ1v) is 6.24. The first-order valence-electron chi connectivity index (χ1n) is 6.24. The fraction of sp³-hybridized carbons (Fsp3) is 0.214. The molecule has 2 aromatic rings. The number of furan rings is 1. The minimum atomic E-state index is -1.03. The third kappa shape index (κ3) is 4.07. The van der Waals surface area contributed by atoms with Crippen LogP contribution < -0.4 is 5.32 Å². The first-order chi connectivity index (χ1) is 10.1. The highest BCUT2D eigenvalue weighted by molar-refractivity contribution is 5.87. The smallest absolute Gasteiger partial charge is 0.335 e. The standard InChI is InChI=1S/C14H15N3O4/c1-17(8-10-3-5-21-9-10)14(20)16-7-12-6-11(13(18)19)2-4-15-12/h2-6,9H,7-8H2,1H3,(H,16,20)(H,18,19). The summed E-state index contributed by atoms with van der Waals surface area (Å²) in [5.41, 5.74) is 1.51. The zero-order valence-corrected chi connectivity index (χ0v) is 11.4. The highest BCUT2D eigenvalue weighted by Gasteiger charge is 2.10. The molecular weight excluding hydrogens is 274 g/mol. The van der Waals surface area contributed by atoms with Crippen LogP contribution in [0.5, 0.6) is 0 Å². The molecule has 0 saturated carbocycles. The van der Waals surface area contributed by atoms with Crippen molar-refractivity contribution >= 4 is 12.0 Å². The summed E-state index contributed by atoms with van der Waals surface area (Å²) in [6.07, 6.45) is 4.52. The molecule has 2 amide bonds. The van der Waals surface area contributed by atoms with Gasteiger partial charge in [0.25, 0.3) is 0 Å². The highest BCUT2D eigenvalue weighted by atomic mass is 16.4. The minimum absolute atomic E-state index is 0.140. The number of carbonyl (C=O) groups excluding carboxylic acids is 1. The van der Waals surface area contributed by atoms with Gasteiger partial charge >= 0.3 is 12.0 Å². The summed E-state index contributed by atoms with van der Waals surface area (Å²) in [5.74, 6) is -1.03. The average Bonchev–Trinajstić information content (AvgIpc) is 2.97. The van der Waals surface area contributed by atoms with Gasteiger partial charge in [0.15, 0.2) is 0 Å². The van der Waals surface area contributed by atoms with E-state index in [1.807, 2.05) is 0 Å². The third-order valence-electron chi connectivity index (χ3n) is 2.83. The second-order valence-corrected chi connectivity index (χ2v) is 4.49. The fourth-order valence-corrected chi connectivity index (χ4v) is 1.74. The Morgan fingerprint density at radius 2 is 2.24 bits per heavy atom. The van der Waals surface area contributed by atoms with Crippen LogP contribution in [0.25, 0.3) is 0 Å².